The summed E-state index contributed by atoms with van der Waals surface area (Å²) in [5.41, 5.74) is 1.48. The molecule has 0 heterocycles. The smallest absolute Gasteiger partial charge is 0.0238 e. The minimum Gasteiger partial charge on any atom is -0.311 e. The van der Waals surface area contributed by atoms with Gasteiger partial charge in [-0.25, -0.2) is 0 Å². The molecule has 0 saturated heterocycles. The van der Waals surface area contributed by atoms with Gasteiger partial charge in [0.2, 0.25) is 0 Å². The average molecular weight is 213 g/mol. The topological polar surface area (TPSA) is 12.0 Å². The Morgan fingerprint density at radius 1 is 1.38 bits per heavy atom. The third-order valence-electron chi connectivity index (χ3n) is 3.35. The highest BCUT2D eigenvalue weighted by Crippen LogP contribution is 2.36. The zero-order valence-electron chi connectivity index (χ0n) is 9.82. The van der Waals surface area contributed by atoms with Crippen LogP contribution in [0.2, 0.25) is 0 Å². The first-order valence-corrected chi connectivity index (χ1v) is 6.04. The second-order valence-corrected chi connectivity index (χ2v) is 4.75. The van der Waals surface area contributed by atoms with Crippen LogP contribution in [0, 0.1) is 12.3 Å². The molecule has 1 atom stereocenters. The molecule has 84 valence electrons. The third kappa shape index (κ3) is 2.65. The predicted octanol–water partition coefficient (Wildman–Crippen LogP) is 2.93. The summed E-state index contributed by atoms with van der Waals surface area (Å²) in [5.74, 6) is 3.45. The van der Waals surface area contributed by atoms with Crippen LogP contribution in [0.3, 0.4) is 0 Å². The van der Waals surface area contributed by atoms with Crippen molar-refractivity contribution < 1.29 is 0 Å². The van der Waals surface area contributed by atoms with Gasteiger partial charge in [-0.3, -0.25) is 0 Å². The molecule has 1 N–H and O–H groups in total. The summed E-state index contributed by atoms with van der Waals surface area (Å²) in [5, 5.41) is 3.57. The van der Waals surface area contributed by atoms with Gasteiger partial charge in [0.25, 0.3) is 0 Å². The lowest BCUT2D eigenvalue weighted by atomic mass is 9.75. The zero-order valence-corrected chi connectivity index (χ0v) is 9.82. The Hall–Kier alpha value is -1.26. The number of benzene rings is 1. The monoisotopic (exact) mass is 213 g/mol. The second-order valence-electron chi connectivity index (χ2n) is 4.75. The number of terminal acetylenes is 1. The zero-order chi connectivity index (χ0) is 11.4. The van der Waals surface area contributed by atoms with Crippen LogP contribution in [0.5, 0.6) is 0 Å². The summed E-state index contributed by atoms with van der Waals surface area (Å²) in [7, 11) is 0. The van der Waals surface area contributed by atoms with Gasteiger partial charge in [0.1, 0.15) is 0 Å². The third-order valence-corrected chi connectivity index (χ3v) is 3.35. The Kier molecular flexibility index (Phi) is 3.64. The van der Waals surface area contributed by atoms with Gasteiger partial charge in [0, 0.05) is 18.5 Å². The van der Waals surface area contributed by atoms with Gasteiger partial charge >= 0.3 is 0 Å². The Bertz CT molecular complexity index is 357. The van der Waals surface area contributed by atoms with Crippen molar-refractivity contribution in [3.63, 3.8) is 0 Å². The molecule has 1 aromatic carbocycles. The molecule has 1 unspecified atom stereocenters. The molecule has 0 aromatic heterocycles. The minimum absolute atomic E-state index is 0.451. The van der Waals surface area contributed by atoms with Crippen LogP contribution < -0.4 is 5.32 Å². The van der Waals surface area contributed by atoms with Crippen molar-refractivity contribution in [3.8, 4) is 12.3 Å². The summed E-state index contributed by atoms with van der Waals surface area (Å²) in [6.07, 6.45) is 8.62. The highest BCUT2D eigenvalue weighted by atomic mass is 15.0. The first-order chi connectivity index (χ1) is 7.79. The van der Waals surface area contributed by atoms with Crippen LogP contribution in [0.25, 0.3) is 0 Å². The van der Waals surface area contributed by atoms with Crippen LogP contribution in [-0.4, -0.2) is 12.1 Å². The van der Waals surface area contributed by atoms with Gasteiger partial charge in [0.15, 0.2) is 0 Å². The van der Waals surface area contributed by atoms with E-state index in [4.69, 9.17) is 6.42 Å². The molecule has 16 heavy (non-hydrogen) atoms. The molecule has 1 aliphatic rings. The second kappa shape index (κ2) is 5.18. The Morgan fingerprint density at radius 2 is 2.06 bits per heavy atom. The van der Waals surface area contributed by atoms with Crippen LogP contribution in [0.4, 0.5) is 0 Å². The van der Waals surface area contributed by atoms with E-state index in [9.17, 15) is 0 Å². The maximum atomic E-state index is 5.29. The Balaban J connectivity index is 1.76. The number of nitrogens with one attached hydrogen (secondary N) is 1. The first-order valence-electron chi connectivity index (χ1n) is 6.04. The summed E-state index contributed by atoms with van der Waals surface area (Å²) in [6, 6.07) is 11.9. The molecule has 1 nitrogen and oxygen atoms in total. The van der Waals surface area contributed by atoms with Crippen molar-refractivity contribution in [3.05, 3.63) is 35.9 Å². The molecule has 0 amide bonds. The lowest BCUT2D eigenvalue weighted by Crippen LogP contribution is -2.44. The lowest BCUT2D eigenvalue weighted by Gasteiger charge is -2.38. The largest absolute Gasteiger partial charge is 0.311 e. The summed E-state index contributed by atoms with van der Waals surface area (Å²) >= 11 is 0. The van der Waals surface area contributed by atoms with E-state index in [2.05, 4.69) is 48.5 Å². The van der Waals surface area contributed by atoms with E-state index in [1.807, 2.05) is 0 Å². The number of rotatable bonds is 4. The molecule has 0 bridgehead atoms. The molecule has 0 aliphatic heterocycles. The minimum atomic E-state index is 0.451. The summed E-state index contributed by atoms with van der Waals surface area (Å²) in [6.45, 7) is 2.16. The Morgan fingerprint density at radius 3 is 2.69 bits per heavy atom. The van der Waals surface area contributed by atoms with Gasteiger partial charge in [-0.15, -0.1) is 12.3 Å². The van der Waals surface area contributed by atoms with Crippen LogP contribution in [-0.2, 0) is 0 Å². The van der Waals surface area contributed by atoms with Crippen molar-refractivity contribution in [1.29, 1.82) is 0 Å². The van der Waals surface area contributed by atoms with E-state index in [1.54, 1.807) is 0 Å². The fourth-order valence-electron chi connectivity index (χ4n) is 2.39. The molecule has 1 heteroatoms. The van der Waals surface area contributed by atoms with Crippen molar-refractivity contribution in [2.45, 2.75) is 44.2 Å². The maximum Gasteiger partial charge on any atom is 0.0238 e. The predicted molar refractivity (Wildman–Crippen MR) is 68.3 cm³/mol. The molecule has 0 spiro atoms. The lowest BCUT2D eigenvalue weighted by molar-refractivity contribution is 0.271. The normalized spacial score (nSPS) is 25.5. The highest BCUT2D eigenvalue weighted by molar-refractivity contribution is 5.22. The van der Waals surface area contributed by atoms with Gasteiger partial charge < -0.3 is 5.32 Å². The molecule has 1 saturated carbocycles. The van der Waals surface area contributed by atoms with Gasteiger partial charge in [0.05, 0.1) is 0 Å². The van der Waals surface area contributed by atoms with Gasteiger partial charge in [-0.1, -0.05) is 30.3 Å². The molecule has 0 radical (unpaired) electrons. The SMILES string of the molecule is C#CCC(C)NC1CC(c2ccccc2)C1. The Labute approximate surface area is 98.3 Å². The molecule has 1 aromatic rings. The molecule has 2 rings (SSSR count). The maximum absolute atomic E-state index is 5.29. The van der Waals surface area contributed by atoms with Crippen molar-refractivity contribution in [2.24, 2.45) is 0 Å². The average Bonchev–Trinajstić information content (AvgIpc) is 2.24. The number of hydrogen-bond donors (Lipinski definition) is 1. The quantitative estimate of drug-likeness (QED) is 0.758. The highest BCUT2D eigenvalue weighted by Gasteiger charge is 2.30. The van der Waals surface area contributed by atoms with E-state index in [0.717, 1.165) is 12.3 Å². The fraction of sp³-hybridized carbons (Fsp3) is 0.467. The van der Waals surface area contributed by atoms with Crippen LogP contribution in [0.1, 0.15) is 37.7 Å². The van der Waals surface area contributed by atoms with E-state index >= 15 is 0 Å². The van der Waals surface area contributed by atoms with Gasteiger partial charge in [-0.05, 0) is 31.2 Å². The molecule has 1 aliphatic carbocycles. The summed E-state index contributed by atoms with van der Waals surface area (Å²) < 4.78 is 0. The summed E-state index contributed by atoms with van der Waals surface area (Å²) in [4.78, 5) is 0. The van der Waals surface area contributed by atoms with Crippen molar-refractivity contribution in [2.75, 3.05) is 0 Å². The fourth-order valence-corrected chi connectivity index (χ4v) is 2.39. The van der Waals surface area contributed by atoms with E-state index < -0.39 is 0 Å². The van der Waals surface area contributed by atoms with Crippen LogP contribution >= 0.6 is 0 Å². The number of hydrogen-bond acceptors (Lipinski definition) is 1. The van der Waals surface area contributed by atoms with E-state index in [1.165, 1.54) is 18.4 Å². The molecular formula is C15H19N. The molecule has 1 fully saturated rings. The van der Waals surface area contributed by atoms with Crippen molar-refractivity contribution >= 4 is 0 Å². The van der Waals surface area contributed by atoms with Crippen molar-refractivity contribution in [1.82, 2.24) is 5.32 Å². The van der Waals surface area contributed by atoms with E-state index in [0.29, 0.717) is 12.1 Å². The standard InChI is InChI=1S/C15H19N/c1-3-7-12(2)16-15-10-14(11-15)13-8-5-4-6-9-13/h1,4-6,8-9,12,14-16H,7,10-11H2,2H3. The van der Waals surface area contributed by atoms with Gasteiger partial charge in [-0.2, -0.15) is 0 Å². The molecular weight excluding hydrogens is 194 g/mol. The first kappa shape index (κ1) is 11.2. The van der Waals surface area contributed by atoms with E-state index in [-0.39, 0.29) is 0 Å². The van der Waals surface area contributed by atoms with Crippen LogP contribution in [0.15, 0.2) is 30.3 Å².